The van der Waals surface area contributed by atoms with Crippen LogP contribution >= 0.6 is 15.9 Å². The third kappa shape index (κ3) is 2.36. The summed E-state index contributed by atoms with van der Waals surface area (Å²) in [5.74, 6) is -0.129. The molecule has 0 aliphatic heterocycles. The molecule has 0 unspecified atom stereocenters. The van der Waals surface area contributed by atoms with Crippen LogP contribution in [-0.2, 0) is 0 Å². The number of halogens is 2. The van der Waals surface area contributed by atoms with E-state index in [1.807, 2.05) is 6.07 Å². The van der Waals surface area contributed by atoms with Crippen LogP contribution in [-0.4, -0.2) is 5.11 Å². The van der Waals surface area contributed by atoms with Crippen LogP contribution in [0, 0.1) is 5.82 Å². The van der Waals surface area contributed by atoms with E-state index in [-0.39, 0.29) is 11.6 Å². The highest BCUT2D eigenvalue weighted by Crippen LogP contribution is 2.28. The molecule has 0 saturated heterocycles. The highest BCUT2D eigenvalue weighted by atomic mass is 79.9. The first-order valence-corrected chi connectivity index (χ1v) is 5.20. The largest absolute Gasteiger partial charge is 0.508 e. The smallest absolute Gasteiger partial charge is 0.123 e. The van der Waals surface area contributed by atoms with Crippen LogP contribution in [0.4, 0.5) is 4.39 Å². The summed E-state index contributed by atoms with van der Waals surface area (Å²) in [5, 5.41) is 9.40. The van der Waals surface area contributed by atoms with Crippen LogP contribution in [0.15, 0.2) is 46.9 Å². The van der Waals surface area contributed by atoms with E-state index in [1.54, 1.807) is 24.3 Å². The minimum atomic E-state index is -0.285. The Bertz CT molecular complexity index is 476. The summed E-state index contributed by atoms with van der Waals surface area (Å²) in [6, 6.07) is 11.3. The quantitative estimate of drug-likeness (QED) is 0.829. The summed E-state index contributed by atoms with van der Waals surface area (Å²) in [5.41, 5.74) is 1.52. The van der Waals surface area contributed by atoms with Gasteiger partial charge in [-0.1, -0.05) is 28.1 Å². The van der Waals surface area contributed by atoms with Crippen molar-refractivity contribution < 1.29 is 9.50 Å². The molecule has 0 aliphatic carbocycles. The predicted octanol–water partition coefficient (Wildman–Crippen LogP) is 3.96. The van der Waals surface area contributed by atoms with Gasteiger partial charge in [-0.15, -0.1) is 0 Å². The minimum absolute atomic E-state index is 0.156. The molecule has 0 aromatic heterocycles. The molecule has 2 aromatic carbocycles. The molecule has 1 nitrogen and oxygen atoms in total. The van der Waals surface area contributed by atoms with Gasteiger partial charge in [0.25, 0.3) is 0 Å². The molecule has 15 heavy (non-hydrogen) atoms. The van der Waals surface area contributed by atoms with Gasteiger partial charge >= 0.3 is 0 Å². The van der Waals surface area contributed by atoms with Crippen molar-refractivity contribution in [1.29, 1.82) is 0 Å². The monoisotopic (exact) mass is 266 g/mol. The molecule has 0 aliphatic rings. The average molecular weight is 267 g/mol. The van der Waals surface area contributed by atoms with Crippen LogP contribution in [0.1, 0.15) is 0 Å². The van der Waals surface area contributed by atoms with Gasteiger partial charge in [-0.3, -0.25) is 0 Å². The fourth-order valence-corrected chi connectivity index (χ4v) is 1.89. The maximum atomic E-state index is 13.0. The van der Waals surface area contributed by atoms with Gasteiger partial charge < -0.3 is 5.11 Å². The number of phenolic OH excluding ortho intramolecular Hbond substituents is 1. The molecule has 0 saturated carbocycles. The molecule has 2 rings (SSSR count). The Kier molecular flexibility index (Phi) is 2.73. The lowest BCUT2D eigenvalue weighted by Crippen LogP contribution is -1.80. The summed E-state index contributed by atoms with van der Waals surface area (Å²) in [4.78, 5) is 0. The Morgan fingerprint density at radius 2 is 1.80 bits per heavy atom. The molecule has 0 bridgehead atoms. The fraction of sp³-hybridized carbons (Fsp3) is 0. The summed E-state index contributed by atoms with van der Waals surface area (Å²) in [6.07, 6.45) is 0. The Morgan fingerprint density at radius 1 is 1.00 bits per heavy atom. The molecule has 1 N–H and O–H groups in total. The molecular formula is C12H8BrFO. The number of rotatable bonds is 1. The predicted molar refractivity (Wildman–Crippen MR) is 61.2 cm³/mol. The van der Waals surface area contributed by atoms with E-state index in [9.17, 15) is 9.50 Å². The lowest BCUT2D eigenvalue weighted by Gasteiger charge is -2.03. The topological polar surface area (TPSA) is 20.2 Å². The zero-order chi connectivity index (χ0) is 10.8. The number of hydrogen-bond donors (Lipinski definition) is 1. The third-order valence-corrected chi connectivity index (χ3v) is 2.50. The van der Waals surface area contributed by atoms with Crippen molar-refractivity contribution in [1.82, 2.24) is 0 Å². The number of phenols is 1. The second-order valence-corrected chi connectivity index (χ2v) is 4.12. The van der Waals surface area contributed by atoms with Crippen molar-refractivity contribution in [3.8, 4) is 16.9 Å². The molecule has 2 aromatic rings. The van der Waals surface area contributed by atoms with Gasteiger partial charge in [0.05, 0.1) is 0 Å². The third-order valence-electron chi connectivity index (χ3n) is 2.04. The van der Waals surface area contributed by atoms with E-state index in [0.717, 1.165) is 15.6 Å². The summed E-state index contributed by atoms with van der Waals surface area (Å²) >= 11 is 3.28. The van der Waals surface area contributed by atoms with Crippen molar-refractivity contribution in [2.75, 3.05) is 0 Å². The fourth-order valence-electron chi connectivity index (χ4n) is 1.41. The maximum Gasteiger partial charge on any atom is 0.123 e. The van der Waals surface area contributed by atoms with E-state index in [2.05, 4.69) is 15.9 Å². The van der Waals surface area contributed by atoms with E-state index < -0.39 is 0 Å². The molecular weight excluding hydrogens is 259 g/mol. The van der Waals surface area contributed by atoms with Crippen LogP contribution < -0.4 is 0 Å². The summed E-state index contributed by atoms with van der Waals surface area (Å²) < 4.78 is 13.7. The van der Waals surface area contributed by atoms with Crippen LogP contribution in [0.3, 0.4) is 0 Å². The molecule has 0 fully saturated rings. The summed E-state index contributed by atoms with van der Waals surface area (Å²) in [7, 11) is 0. The van der Waals surface area contributed by atoms with Gasteiger partial charge in [0.15, 0.2) is 0 Å². The van der Waals surface area contributed by atoms with Crippen molar-refractivity contribution >= 4 is 15.9 Å². The zero-order valence-corrected chi connectivity index (χ0v) is 9.33. The SMILES string of the molecule is Oc1cc(Br)cc(-c2cccc(F)c2)c1. The second-order valence-electron chi connectivity index (χ2n) is 3.21. The Balaban J connectivity index is 2.54. The van der Waals surface area contributed by atoms with Crippen molar-refractivity contribution in [2.45, 2.75) is 0 Å². The van der Waals surface area contributed by atoms with Gasteiger partial charge in [-0.2, -0.15) is 0 Å². The molecule has 0 heterocycles. The maximum absolute atomic E-state index is 13.0. The molecule has 0 radical (unpaired) electrons. The first-order valence-electron chi connectivity index (χ1n) is 4.40. The number of hydrogen-bond acceptors (Lipinski definition) is 1. The van der Waals surface area contributed by atoms with Gasteiger partial charge in [0.1, 0.15) is 11.6 Å². The standard InChI is InChI=1S/C12H8BrFO/c13-10-4-9(6-12(15)7-10)8-2-1-3-11(14)5-8/h1-7,15H. The van der Waals surface area contributed by atoms with Gasteiger partial charge in [0, 0.05) is 4.47 Å². The Morgan fingerprint density at radius 3 is 2.47 bits per heavy atom. The second kappa shape index (κ2) is 4.03. The van der Waals surface area contributed by atoms with Crippen LogP contribution in [0.2, 0.25) is 0 Å². The van der Waals surface area contributed by atoms with E-state index in [0.29, 0.717) is 0 Å². The van der Waals surface area contributed by atoms with Gasteiger partial charge in [-0.25, -0.2) is 4.39 Å². The van der Waals surface area contributed by atoms with Crippen molar-refractivity contribution in [2.24, 2.45) is 0 Å². The van der Waals surface area contributed by atoms with Crippen molar-refractivity contribution in [3.05, 3.63) is 52.8 Å². The first kappa shape index (κ1) is 10.2. The molecule has 0 amide bonds. The lowest BCUT2D eigenvalue weighted by atomic mass is 10.1. The number of aromatic hydroxyl groups is 1. The Labute approximate surface area is 95.3 Å². The Hall–Kier alpha value is -1.35. The van der Waals surface area contributed by atoms with E-state index in [4.69, 9.17) is 0 Å². The summed E-state index contributed by atoms with van der Waals surface area (Å²) in [6.45, 7) is 0. The molecule has 0 spiro atoms. The molecule has 0 atom stereocenters. The first-order chi connectivity index (χ1) is 7.15. The average Bonchev–Trinajstić information content (AvgIpc) is 2.16. The number of benzene rings is 2. The zero-order valence-electron chi connectivity index (χ0n) is 7.74. The van der Waals surface area contributed by atoms with E-state index in [1.165, 1.54) is 12.1 Å². The van der Waals surface area contributed by atoms with Crippen molar-refractivity contribution in [3.63, 3.8) is 0 Å². The highest BCUT2D eigenvalue weighted by molar-refractivity contribution is 9.10. The van der Waals surface area contributed by atoms with Gasteiger partial charge in [0.2, 0.25) is 0 Å². The molecule has 3 heteroatoms. The van der Waals surface area contributed by atoms with Crippen LogP contribution in [0.25, 0.3) is 11.1 Å². The lowest BCUT2D eigenvalue weighted by molar-refractivity contribution is 0.475. The van der Waals surface area contributed by atoms with E-state index >= 15 is 0 Å². The molecule has 76 valence electrons. The normalized spacial score (nSPS) is 10.3. The van der Waals surface area contributed by atoms with Crippen LogP contribution in [0.5, 0.6) is 5.75 Å². The van der Waals surface area contributed by atoms with Gasteiger partial charge in [-0.05, 0) is 41.5 Å². The minimum Gasteiger partial charge on any atom is -0.508 e. The highest BCUT2D eigenvalue weighted by Gasteiger charge is 2.02.